The van der Waals surface area contributed by atoms with Gasteiger partial charge in [0.25, 0.3) is 11.7 Å². The van der Waals surface area contributed by atoms with Crippen molar-refractivity contribution in [2.75, 3.05) is 13.2 Å². The lowest BCUT2D eigenvalue weighted by Crippen LogP contribution is -2.31. The first-order valence-electron chi connectivity index (χ1n) is 12.6. The summed E-state index contributed by atoms with van der Waals surface area (Å²) in [6.45, 7) is 5.12. The lowest BCUT2D eigenvalue weighted by atomic mass is 9.95. The number of nitrogens with zero attached hydrogens (tertiary/aromatic N) is 1. The number of ether oxygens (including phenoxy) is 1. The summed E-state index contributed by atoms with van der Waals surface area (Å²) >= 11 is 0. The van der Waals surface area contributed by atoms with Gasteiger partial charge in [0.2, 0.25) is 0 Å². The van der Waals surface area contributed by atoms with Crippen molar-refractivity contribution in [3.8, 4) is 5.75 Å². The number of Topliss-reactive ketones (excluding diaryl/α,β-unsaturated/α-hetero) is 1. The molecule has 1 fully saturated rings. The van der Waals surface area contributed by atoms with Gasteiger partial charge in [-0.15, -0.1) is 0 Å². The fraction of sp³-hybridized carbons (Fsp3) is 0.290. The quantitative estimate of drug-likeness (QED) is 0.161. The highest BCUT2D eigenvalue weighted by Crippen LogP contribution is 2.40. The summed E-state index contributed by atoms with van der Waals surface area (Å²) in [6.07, 6.45) is 3.85. The second-order valence-corrected chi connectivity index (χ2v) is 9.22. The minimum Gasteiger partial charge on any atom is -0.507 e. The first-order chi connectivity index (χ1) is 17.5. The molecule has 186 valence electrons. The topological polar surface area (TPSA) is 66.8 Å². The molecule has 0 aliphatic carbocycles. The number of hydrogen-bond acceptors (Lipinski definition) is 4. The second-order valence-electron chi connectivity index (χ2n) is 9.22. The molecule has 3 aromatic carbocycles. The molecule has 1 aliphatic rings. The number of rotatable bonds is 10. The van der Waals surface area contributed by atoms with Crippen molar-refractivity contribution in [1.82, 2.24) is 4.90 Å². The molecular weight excluding hydrogens is 450 g/mol. The van der Waals surface area contributed by atoms with Crippen molar-refractivity contribution in [3.63, 3.8) is 0 Å². The summed E-state index contributed by atoms with van der Waals surface area (Å²) in [5, 5.41) is 11.2. The van der Waals surface area contributed by atoms with Crippen LogP contribution in [0.15, 0.2) is 84.4 Å². The van der Waals surface area contributed by atoms with Crippen LogP contribution in [-0.4, -0.2) is 34.8 Å². The van der Waals surface area contributed by atoms with E-state index in [-0.39, 0.29) is 11.3 Å². The molecule has 0 spiro atoms. The van der Waals surface area contributed by atoms with Crippen LogP contribution in [0, 0.1) is 6.92 Å². The third kappa shape index (κ3) is 5.68. The molecule has 1 unspecified atom stereocenters. The summed E-state index contributed by atoms with van der Waals surface area (Å²) in [6, 6.07) is 24.0. The molecule has 1 N–H and O–H groups in total. The number of amides is 1. The maximum absolute atomic E-state index is 13.2. The molecular formula is C31H33NO4. The highest BCUT2D eigenvalue weighted by molar-refractivity contribution is 6.46. The van der Waals surface area contributed by atoms with E-state index in [1.807, 2.05) is 73.7 Å². The second kappa shape index (κ2) is 11.7. The third-order valence-electron chi connectivity index (χ3n) is 6.56. The van der Waals surface area contributed by atoms with Crippen LogP contribution < -0.4 is 4.74 Å². The third-order valence-corrected chi connectivity index (χ3v) is 6.56. The van der Waals surface area contributed by atoms with Crippen LogP contribution in [0.25, 0.3) is 5.76 Å². The Balaban J connectivity index is 1.68. The van der Waals surface area contributed by atoms with Gasteiger partial charge < -0.3 is 14.7 Å². The molecule has 36 heavy (non-hydrogen) atoms. The van der Waals surface area contributed by atoms with Crippen LogP contribution in [0.4, 0.5) is 0 Å². The Hall–Kier alpha value is -3.86. The maximum atomic E-state index is 13.2. The van der Waals surface area contributed by atoms with Crippen LogP contribution in [-0.2, 0) is 16.0 Å². The minimum absolute atomic E-state index is 0.119. The standard InChI is InChI=1S/C31H33NO4/c1-3-4-8-21-36-26-17-15-24(16-18-26)28-27(29(33)25-13-11-22(2)12-14-25)30(34)31(35)32(28)20-19-23-9-6-5-7-10-23/h5-7,9-18,28,33H,3-4,8,19-21H2,1-2H3/b29-27+. The van der Waals surface area contributed by atoms with Gasteiger partial charge in [-0.25, -0.2) is 0 Å². The Morgan fingerprint density at radius 3 is 2.28 bits per heavy atom. The number of aliphatic hydroxyl groups is 1. The van der Waals surface area contributed by atoms with Crippen LogP contribution >= 0.6 is 0 Å². The molecule has 0 saturated carbocycles. The molecule has 1 amide bonds. The van der Waals surface area contributed by atoms with Gasteiger partial charge >= 0.3 is 0 Å². The van der Waals surface area contributed by atoms with Crippen LogP contribution in [0.1, 0.15) is 54.5 Å². The monoisotopic (exact) mass is 483 g/mol. The normalized spacial score (nSPS) is 16.9. The predicted octanol–water partition coefficient (Wildman–Crippen LogP) is 6.23. The van der Waals surface area contributed by atoms with Crippen molar-refractivity contribution >= 4 is 17.4 Å². The summed E-state index contributed by atoms with van der Waals surface area (Å²) in [7, 11) is 0. The van der Waals surface area contributed by atoms with Gasteiger partial charge in [-0.2, -0.15) is 0 Å². The number of carbonyl (C=O) groups excluding carboxylic acids is 2. The zero-order valence-electron chi connectivity index (χ0n) is 20.9. The Morgan fingerprint density at radius 1 is 0.917 bits per heavy atom. The number of benzene rings is 3. The minimum atomic E-state index is -0.677. The molecule has 5 nitrogen and oxygen atoms in total. The van der Waals surface area contributed by atoms with Crippen LogP contribution in [0.5, 0.6) is 5.75 Å². The first-order valence-corrected chi connectivity index (χ1v) is 12.6. The predicted molar refractivity (Wildman–Crippen MR) is 142 cm³/mol. The Labute approximate surface area is 213 Å². The van der Waals surface area contributed by atoms with E-state index in [9.17, 15) is 14.7 Å². The molecule has 0 aromatic heterocycles. The molecule has 0 bridgehead atoms. The highest BCUT2D eigenvalue weighted by Gasteiger charge is 2.45. The molecule has 4 rings (SSSR count). The average Bonchev–Trinajstić information content (AvgIpc) is 3.16. The van der Waals surface area contributed by atoms with E-state index in [2.05, 4.69) is 6.92 Å². The zero-order valence-corrected chi connectivity index (χ0v) is 20.9. The van der Waals surface area contributed by atoms with Crippen molar-refractivity contribution in [3.05, 3.63) is 107 Å². The van der Waals surface area contributed by atoms with Crippen molar-refractivity contribution in [2.45, 2.75) is 45.6 Å². The number of likely N-dealkylation sites (tertiary alicyclic amines) is 1. The number of unbranched alkanes of at least 4 members (excludes halogenated alkanes) is 2. The molecule has 1 atom stereocenters. The zero-order chi connectivity index (χ0) is 25.5. The van der Waals surface area contributed by atoms with E-state index in [0.717, 1.165) is 41.7 Å². The molecule has 0 radical (unpaired) electrons. The fourth-order valence-electron chi connectivity index (χ4n) is 4.51. The summed E-state index contributed by atoms with van der Waals surface area (Å²) in [5.74, 6) is -0.661. The summed E-state index contributed by atoms with van der Waals surface area (Å²) < 4.78 is 5.85. The Kier molecular flexibility index (Phi) is 8.21. The molecule has 1 aliphatic heterocycles. The van der Waals surface area contributed by atoms with Gasteiger partial charge in [0, 0.05) is 12.1 Å². The van der Waals surface area contributed by atoms with E-state index in [0.29, 0.717) is 25.1 Å². The molecule has 1 saturated heterocycles. The maximum Gasteiger partial charge on any atom is 0.295 e. The van der Waals surface area contributed by atoms with E-state index < -0.39 is 17.7 Å². The van der Waals surface area contributed by atoms with Crippen molar-refractivity contribution in [2.24, 2.45) is 0 Å². The van der Waals surface area contributed by atoms with Gasteiger partial charge in [-0.1, -0.05) is 92.1 Å². The number of aliphatic hydroxyl groups excluding tert-OH is 1. The summed E-state index contributed by atoms with van der Waals surface area (Å²) in [5.41, 5.74) is 3.52. The molecule has 5 heteroatoms. The van der Waals surface area contributed by atoms with Gasteiger partial charge in [0.15, 0.2) is 0 Å². The number of ketones is 1. The van der Waals surface area contributed by atoms with Gasteiger partial charge in [0.1, 0.15) is 11.5 Å². The van der Waals surface area contributed by atoms with Crippen molar-refractivity contribution in [1.29, 1.82) is 0 Å². The van der Waals surface area contributed by atoms with E-state index in [1.165, 1.54) is 0 Å². The van der Waals surface area contributed by atoms with Crippen LogP contribution in [0.3, 0.4) is 0 Å². The van der Waals surface area contributed by atoms with Gasteiger partial charge in [-0.05, 0) is 43.0 Å². The average molecular weight is 484 g/mol. The van der Waals surface area contributed by atoms with Crippen molar-refractivity contribution < 1.29 is 19.4 Å². The lowest BCUT2D eigenvalue weighted by Gasteiger charge is -2.25. The fourth-order valence-corrected chi connectivity index (χ4v) is 4.51. The largest absolute Gasteiger partial charge is 0.507 e. The summed E-state index contributed by atoms with van der Waals surface area (Å²) in [4.78, 5) is 28.0. The lowest BCUT2D eigenvalue weighted by molar-refractivity contribution is -0.139. The smallest absolute Gasteiger partial charge is 0.295 e. The number of aryl methyl sites for hydroxylation is 1. The van der Waals surface area contributed by atoms with Crippen LogP contribution in [0.2, 0.25) is 0 Å². The molecule has 1 heterocycles. The number of carbonyl (C=O) groups is 2. The molecule has 3 aromatic rings. The van der Waals surface area contributed by atoms with Gasteiger partial charge in [0.05, 0.1) is 18.2 Å². The Morgan fingerprint density at radius 2 is 1.61 bits per heavy atom. The van der Waals surface area contributed by atoms with E-state index in [1.54, 1.807) is 17.0 Å². The highest BCUT2D eigenvalue weighted by atomic mass is 16.5. The number of hydrogen-bond donors (Lipinski definition) is 1. The first kappa shape index (κ1) is 25.2. The SMILES string of the molecule is CCCCCOc1ccc(C2/C(=C(\O)c3ccc(C)cc3)C(=O)C(=O)N2CCc2ccccc2)cc1. The van der Waals surface area contributed by atoms with Gasteiger partial charge in [-0.3, -0.25) is 9.59 Å². The van der Waals surface area contributed by atoms with E-state index in [4.69, 9.17) is 4.74 Å². The van der Waals surface area contributed by atoms with E-state index >= 15 is 0 Å². The Bertz CT molecular complexity index is 1210.